The second kappa shape index (κ2) is 6.45. The first-order valence-corrected chi connectivity index (χ1v) is 7.48. The maximum atomic E-state index is 12.5. The molecule has 2 saturated heterocycles. The molecule has 1 aromatic carbocycles. The number of aliphatic hydroxyl groups is 1. The second-order valence-corrected chi connectivity index (χ2v) is 5.70. The van der Waals surface area contributed by atoms with E-state index < -0.39 is 30.1 Å². The van der Waals surface area contributed by atoms with Gasteiger partial charge >= 0.3 is 6.09 Å². The number of benzene rings is 1. The number of hydrogen-bond donors (Lipinski definition) is 1. The Labute approximate surface area is 134 Å². The van der Waals surface area contributed by atoms with E-state index in [9.17, 15) is 9.90 Å². The maximum Gasteiger partial charge on any atom is 0.410 e. The van der Waals surface area contributed by atoms with Gasteiger partial charge in [0, 0.05) is 14.2 Å². The molecule has 2 aliphatic rings. The molecule has 2 unspecified atom stereocenters. The second-order valence-electron chi connectivity index (χ2n) is 5.70. The highest BCUT2D eigenvalue weighted by Gasteiger charge is 2.61. The first-order chi connectivity index (χ1) is 11.1. The molecule has 2 fully saturated rings. The normalized spacial score (nSPS) is 28.7. The number of aliphatic hydroxyl groups excluding tert-OH is 1. The van der Waals surface area contributed by atoms with Crippen molar-refractivity contribution >= 4 is 6.09 Å². The summed E-state index contributed by atoms with van der Waals surface area (Å²) in [6.07, 6.45) is -1.86. The van der Waals surface area contributed by atoms with E-state index in [4.69, 9.17) is 18.9 Å². The molecule has 7 heteroatoms. The average Bonchev–Trinajstić information content (AvgIpc) is 3.13. The lowest BCUT2D eigenvalue weighted by molar-refractivity contribution is -0.224. The van der Waals surface area contributed by atoms with Crippen LogP contribution in [0.1, 0.15) is 5.56 Å². The summed E-state index contributed by atoms with van der Waals surface area (Å²) in [5.74, 6) is -1.09. The van der Waals surface area contributed by atoms with Crippen molar-refractivity contribution in [1.82, 2.24) is 4.90 Å². The van der Waals surface area contributed by atoms with Crippen molar-refractivity contribution < 1.29 is 28.8 Å². The van der Waals surface area contributed by atoms with E-state index in [1.807, 2.05) is 30.3 Å². The molecule has 0 saturated carbocycles. The number of methoxy groups -OCH3 is 2. The molecule has 7 nitrogen and oxygen atoms in total. The van der Waals surface area contributed by atoms with Crippen LogP contribution in [0.2, 0.25) is 0 Å². The highest BCUT2D eigenvalue weighted by Crippen LogP contribution is 2.39. The molecule has 0 aliphatic carbocycles. The number of nitrogens with zero attached hydrogens (tertiary/aromatic N) is 1. The topological polar surface area (TPSA) is 77.5 Å². The molecule has 23 heavy (non-hydrogen) atoms. The molecule has 0 aromatic heterocycles. The van der Waals surface area contributed by atoms with Crippen molar-refractivity contribution in [3.63, 3.8) is 0 Å². The molecule has 2 heterocycles. The maximum absolute atomic E-state index is 12.5. The molecule has 126 valence electrons. The van der Waals surface area contributed by atoms with Gasteiger partial charge in [0.2, 0.25) is 5.79 Å². The fraction of sp³-hybridized carbons (Fsp3) is 0.562. The van der Waals surface area contributed by atoms with Crippen LogP contribution in [0.25, 0.3) is 0 Å². The van der Waals surface area contributed by atoms with Gasteiger partial charge in [0.15, 0.2) is 0 Å². The van der Waals surface area contributed by atoms with Crippen LogP contribution in [0.5, 0.6) is 0 Å². The van der Waals surface area contributed by atoms with E-state index in [0.29, 0.717) is 0 Å². The molecule has 2 aliphatic heterocycles. The number of amides is 1. The minimum Gasteiger partial charge on any atom is -0.445 e. The van der Waals surface area contributed by atoms with Gasteiger partial charge in [0.05, 0.1) is 6.54 Å². The Bertz CT molecular complexity index is 547. The molecule has 1 aromatic rings. The van der Waals surface area contributed by atoms with Crippen LogP contribution in [-0.2, 0) is 25.6 Å². The summed E-state index contributed by atoms with van der Waals surface area (Å²) < 4.78 is 21.8. The third kappa shape index (κ3) is 2.81. The van der Waals surface area contributed by atoms with Gasteiger partial charge in [-0.05, 0) is 5.56 Å². The molecule has 1 N–H and O–H groups in total. The van der Waals surface area contributed by atoms with Crippen LogP contribution < -0.4 is 0 Å². The van der Waals surface area contributed by atoms with Crippen LogP contribution >= 0.6 is 0 Å². The highest BCUT2D eigenvalue weighted by atomic mass is 16.7. The monoisotopic (exact) mass is 323 g/mol. The molecular weight excluding hydrogens is 302 g/mol. The molecule has 1 amide bonds. The number of likely N-dealkylation sites (tertiary alicyclic amines) is 1. The minimum absolute atomic E-state index is 0.122. The van der Waals surface area contributed by atoms with Crippen LogP contribution in [0.4, 0.5) is 4.79 Å². The number of hydrogen-bond acceptors (Lipinski definition) is 6. The van der Waals surface area contributed by atoms with Gasteiger partial charge < -0.3 is 24.1 Å². The molecular formula is C16H21NO6. The van der Waals surface area contributed by atoms with Gasteiger partial charge in [-0.1, -0.05) is 30.3 Å². The number of β-amino-alcohol motifs (C(OH)–C–C–N with tert-alkyl or cyclic N) is 1. The van der Waals surface area contributed by atoms with Crippen LogP contribution in [0.3, 0.4) is 0 Å². The van der Waals surface area contributed by atoms with Crippen LogP contribution in [-0.4, -0.2) is 67.5 Å². The lowest BCUT2D eigenvalue weighted by Crippen LogP contribution is -2.55. The zero-order valence-corrected chi connectivity index (χ0v) is 13.2. The Morgan fingerprint density at radius 3 is 2.70 bits per heavy atom. The average molecular weight is 323 g/mol. The summed E-state index contributed by atoms with van der Waals surface area (Å²) >= 11 is 0. The Kier molecular flexibility index (Phi) is 4.54. The van der Waals surface area contributed by atoms with E-state index in [1.165, 1.54) is 19.1 Å². The van der Waals surface area contributed by atoms with E-state index >= 15 is 0 Å². The number of carbonyl (C=O) groups excluding carboxylic acids is 1. The van der Waals surface area contributed by atoms with E-state index in [2.05, 4.69) is 0 Å². The third-order valence-corrected chi connectivity index (χ3v) is 4.47. The molecule has 3 atom stereocenters. The summed E-state index contributed by atoms with van der Waals surface area (Å²) in [7, 11) is 2.99. The number of carbonyl (C=O) groups is 1. The molecule has 0 spiro atoms. The van der Waals surface area contributed by atoms with Gasteiger partial charge in [-0.2, -0.15) is 0 Å². The van der Waals surface area contributed by atoms with Crippen molar-refractivity contribution in [3.05, 3.63) is 35.9 Å². The summed E-state index contributed by atoms with van der Waals surface area (Å²) in [6.45, 7) is 0.434. The highest BCUT2D eigenvalue weighted by molar-refractivity contribution is 5.69. The van der Waals surface area contributed by atoms with E-state index in [1.54, 1.807) is 0 Å². The van der Waals surface area contributed by atoms with Crippen LogP contribution in [0.15, 0.2) is 30.3 Å². The van der Waals surface area contributed by atoms with E-state index in [0.717, 1.165) is 5.56 Å². The molecule has 0 radical (unpaired) electrons. The van der Waals surface area contributed by atoms with E-state index in [-0.39, 0.29) is 19.8 Å². The summed E-state index contributed by atoms with van der Waals surface area (Å²) in [4.78, 5) is 13.9. The molecule has 3 rings (SSSR count). The SMILES string of the molecule is COC1(OC)COC2C1N(C(=O)OCc1ccccc1)C[C@H]2O. The number of rotatable bonds is 4. The zero-order valence-electron chi connectivity index (χ0n) is 13.2. The standard InChI is InChI=1S/C16H21NO6/c1-20-16(21-2)10-23-13-12(18)8-17(14(13)16)15(19)22-9-11-6-4-3-5-7-11/h3-7,12-14,18H,8-10H2,1-2H3/t12-,13?,14?/m1/s1. The smallest absolute Gasteiger partial charge is 0.410 e. The lowest BCUT2D eigenvalue weighted by atomic mass is 10.1. The van der Waals surface area contributed by atoms with Gasteiger partial charge in [-0.15, -0.1) is 0 Å². The first kappa shape index (κ1) is 16.2. The first-order valence-electron chi connectivity index (χ1n) is 7.48. The Hall–Kier alpha value is -1.67. The van der Waals surface area contributed by atoms with Crippen molar-refractivity contribution in [1.29, 1.82) is 0 Å². The lowest BCUT2D eigenvalue weighted by Gasteiger charge is -2.35. The Morgan fingerprint density at radius 1 is 1.35 bits per heavy atom. The quantitative estimate of drug-likeness (QED) is 0.824. The summed E-state index contributed by atoms with van der Waals surface area (Å²) in [5, 5.41) is 10.1. The van der Waals surface area contributed by atoms with Crippen LogP contribution in [0, 0.1) is 0 Å². The Balaban J connectivity index is 1.72. The number of ether oxygens (including phenoxy) is 4. The van der Waals surface area contributed by atoms with Gasteiger partial charge in [0.25, 0.3) is 0 Å². The summed E-state index contributed by atoms with van der Waals surface area (Å²) in [6, 6.07) is 8.86. The predicted octanol–water partition coefficient (Wildman–Crippen LogP) is 0.756. The fourth-order valence-corrected chi connectivity index (χ4v) is 3.23. The van der Waals surface area contributed by atoms with Gasteiger partial charge in [-0.3, -0.25) is 4.90 Å². The van der Waals surface area contributed by atoms with Crippen molar-refractivity contribution in [2.45, 2.75) is 30.6 Å². The minimum atomic E-state index is -1.09. The van der Waals surface area contributed by atoms with Gasteiger partial charge in [0.1, 0.15) is 31.5 Å². The van der Waals surface area contributed by atoms with Crippen molar-refractivity contribution in [3.8, 4) is 0 Å². The van der Waals surface area contributed by atoms with Crippen molar-refractivity contribution in [2.24, 2.45) is 0 Å². The van der Waals surface area contributed by atoms with Crippen molar-refractivity contribution in [2.75, 3.05) is 27.4 Å². The predicted molar refractivity (Wildman–Crippen MR) is 79.6 cm³/mol. The Morgan fingerprint density at radius 2 is 2.04 bits per heavy atom. The zero-order chi connectivity index (χ0) is 16.4. The fourth-order valence-electron chi connectivity index (χ4n) is 3.23. The molecule has 0 bridgehead atoms. The van der Waals surface area contributed by atoms with Gasteiger partial charge in [-0.25, -0.2) is 4.79 Å². The third-order valence-electron chi connectivity index (χ3n) is 4.47. The summed E-state index contributed by atoms with van der Waals surface area (Å²) in [5.41, 5.74) is 0.893. The number of fused-ring (bicyclic) bond motifs is 1. The largest absolute Gasteiger partial charge is 0.445 e.